The van der Waals surface area contributed by atoms with Gasteiger partial charge in [0.2, 0.25) is 5.91 Å². The smallest absolute Gasteiger partial charge is 0.226 e. The van der Waals surface area contributed by atoms with Gasteiger partial charge < -0.3 is 4.90 Å². The maximum absolute atomic E-state index is 13.2. The molecule has 0 atom stereocenters. The summed E-state index contributed by atoms with van der Waals surface area (Å²) in [7, 11) is 0. The molecule has 0 radical (unpaired) electrons. The Labute approximate surface area is 114 Å². The van der Waals surface area contributed by atoms with Crippen LogP contribution in [0.2, 0.25) is 0 Å². The highest BCUT2D eigenvalue weighted by molar-refractivity contribution is 5.93. The van der Waals surface area contributed by atoms with Crippen LogP contribution in [0.1, 0.15) is 45.4 Å². The predicted octanol–water partition coefficient (Wildman–Crippen LogP) is 4.15. The summed E-state index contributed by atoms with van der Waals surface area (Å²) in [6.07, 6.45) is 6.69. The van der Waals surface area contributed by atoms with Crippen LogP contribution >= 0.6 is 0 Å². The largest absolute Gasteiger partial charge is 0.313 e. The number of hydrogen-bond donors (Lipinski definition) is 0. The molecule has 0 unspecified atom stereocenters. The molecule has 104 valence electrons. The van der Waals surface area contributed by atoms with Crippen molar-refractivity contribution >= 4 is 11.6 Å². The third kappa shape index (κ3) is 3.79. The molecule has 2 nitrogen and oxygen atoms in total. The molecule has 0 aliphatic heterocycles. The summed E-state index contributed by atoms with van der Waals surface area (Å²) >= 11 is 0. The maximum Gasteiger partial charge on any atom is 0.226 e. The van der Waals surface area contributed by atoms with E-state index in [1.54, 1.807) is 17.0 Å². The van der Waals surface area contributed by atoms with E-state index in [1.165, 1.54) is 37.8 Å². The number of benzene rings is 1. The van der Waals surface area contributed by atoms with Crippen molar-refractivity contribution in [2.45, 2.75) is 45.4 Å². The van der Waals surface area contributed by atoms with Gasteiger partial charge in [-0.05, 0) is 37.5 Å². The predicted molar refractivity (Wildman–Crippen MR) is 75.6 cm³/mol. The van der Waals surface area contributed by atoms with E-state index in [0.717, 1.165) is 12.3 Å². The molecule has 0 spiro atoms. The van der Waals surface area contributed by atoms with Crippen LogP contribution in [-0.2, 0) is 4.79 Å². The van der Waals surface area contributed by atoms with Crippen molar-refractivity contribution < 1.29 is 9.18 Å². The number of nitrogens with zero attached hydrogens (tertiary/aromatic N) is 1. The van der Waals surface area contributed by atoms with E-state index in [9.17, 15) is 9.18 Å². The number of anilines is 1. The molecule has 0 saturated heterocycles. The molecule has 3 heteroatoms. The molecular formula is C16H22FNO. The summed E-state index contributed by atoms with van der Waals surface area (Å²) in [5, 5.41) is 0. The second-order valence-corrected chi connectivity index (χ2v) is 5.31. The monoisotopic (exact) mass is 263 g/mol. The lowest BCUT2D eigenvalue weighted by Crippen LogP contribution is -2.30. The minimum Gasteiger partial charge on any atom is -0.313 e. The first-order valence-electron chi connectivity index (χ1n) is 7.26. The van der Waals surface area contributed by atoms with Crippen LogP contribution in [0.15, 0.2) is 24.3 Å². The molecule has 1 aromatic carbocycles. The van der Waals surface area contributed by atoms with Crippen LogP contribution in [0.4, 0.5) is 10.1 Å². The number of halogens is 1. The van der Waals surface area contributed by atoms with Crippen LogP contribution in [0.3, 0.4) is 0 Å². The highest BCUT2D eigenvalue weighted by Crippen LogP contribution is 2.29. The zero-order chi connectivity index (χ0) is 13.7. The van der Waals surface area contributed by atoms with E-state index < -0.39 is 0 Å². The van der Waals surface area contributed by atoms with E-state index in [-0.39, 0.29) is 11.7 Å². The number of carbonyl (C=O) groups is 1. The van der Waals surface area contributed by atoms with E-state index in [1.807, 2.05) is 6.92 Å². The molecule has 1 saturated carbocycles. The summed E-state index contributed by atoms with van der Waals surface area (Å²) in [4.78, 5) is 13.9. The van der Waals surface area contributed by atoms with E-state index >= 15 is 0 Å². The molecule has 1 aliphatic carbocycles. The molecule has 1 aromatic rings. The van der Waals surface area contributed by atoms with Crippen LogP contribution in [-0.4, -0.2) is 12.5 Å². The Hall–Kier alpha value is -1.38. The minimum atomic E-state index is -0.292. The fourth-order valence-corrected chi connectivity index (χ4v) is 2.91. The average molecular weight is 263 g/mol. The van der Waals surface area contributed by atoms with Crippen molar-refractivity contribution in [2.75, 3.05) is 11.4 Å². The van der Waals surface area contributed by atoms with E-state index in [4.69, 9.17) is 0 Å². The standard InChI is InChI=1S/C16H22FNO/c1-2-18(15-9-5-8-14(17)12-15)16(19)11-10-13-6-3-4-7-13/h5,8-9,12-13H,2-4,6-7,10-11H2,1H3. The van der Waals surface area contributed by atoms with Crippen LogP contribution < -0.4 is 4.90 Å². The van der Waals surface area contributed by atoms with E-state index in [2.05, 4.69) is 0 Å². The summed E-state index contributed by atoms with van der Waals surface area (Å²) in [6, 6.07) is 6.27. The van der Waals surface area contributed by atoms with Gasteiger partial charge in [-0.3, -0.25) is 4.79 Å². The fourth-order valence-electron chi connectivity index (χ4n) is 2.91. The molecule has 1 fully saturated rings. The maximum atomic E-state index is 13.2. The molecule has 0 bridgehead atoms. The Kier molecular flexibility index (Phi) is 4.94. The first-order chi connectivity index (χ1) is 9.20. The SMILES string of the molecule is CCN(C(=O)CCC1CCCC1)c1cccc(F)c1. The summed E-state index contributed by atoms with van der Waals surface area (Å²) < 4.78 is 13.2. The molecule has 0 N–H and O–H groups in total. The summed E-state index contributed by atoms with van der Waals surface area (Å²) in [6.45, 7) is 2.52. The second-order valence-electron chi connectivity index (χ2n) is 5.31. The van der Waals surface area contributed by atoms with Crippen LogP contribution in [0.25, 0.3) is 0 Å². The van der Waals surface area contributed by atoms with Gasteiger partial charge in [0.05, 0.1) is 0 Å². The molecule has 1 aliphatic rings. The molecular weight excluding hydrogens is 241 g/mol. The van der Waals surface area contributed by atoms with Crippen LogP contribution in [0.5, 0.6) is 0 Å². The first kappa shape index (κ1) is 14.0. The second kappa shape index (κ2) is 6.69. The van der Waals surface area contributed by atoms with Crippen molar-refractivity contribution in [2.24, 2.45) is 5.92 Å². The Morgan fingerprint density at radius 3 is 2.74 bits per heavy atom. The van der Waals surface area contributed by atoms with E-state index in [0.29, 0.717) is 18.7 Å². The number of amides is 1. The lowest BCUT2D eigenvalue weighted by Gasteiger charge is -2.22. The topological polar surface area (TPSA) is 20.3 Å². The molecule has 0 heterocycles. The Morgan fingerprint density at radius 2 is 2.11 bits per heavy atom. The van der Waals surface area contributed by atoms with Gasteiger partial charge in [-0.1, -0.05) is 31.7 Å². The lowest BCUT2D eigenvalue weighted by molar-refractivity contribution is -0.118. The zero-order valence-corrected chi connectivity index (χ0v) is 11.6. The van der Waals surface area contributed by atoms with Crippen LogP contribution in [0, 0.1) is 11.7 Å². The van der Waals surface area contributed by atoms with Gasteiger partial charge in [0.25, 0.3) is 0 Å². The molecule has 2 rings (SSSR count). The van der Waals surface area contributed by atoms with Gasteiger partial charge in [0.15, 0.2) is 0 Å². The van der Waals surface area contributed by atoms with Gasteiger partial charge in [0.1, 0.15) is 5.82 Å². The van der Waals surface area contributed by atoms with Gasteiger partial charge in [0, 0.05) is 18.7 Å². The highest BCUT2D eigenvalue weighted by atomic mass is 19.1. The zero-order valence-electron chi connectivity index (χ0n) is 11.6. The van der Waals surface area contributed by atoms with Gasteiger partial charge in [-0.2, -0.15) is 0 Å². The number of rotatable bonds is 5. The van der Waals surface area contributed by atoms with Crippen molar-refractivity contribution in [1.29, 1.82) is 0 Å². The molecule has 0 aromatic heterocycles. The number of carbonyl (C=O) groups excluding carboxylic acids is 1. The quantitative estimate of drug-likeness (QED) is 0.781. The third-order valence-electron chi connectivity index (χ3n) is 3.98. The minimum absolute atomic E-state index is 0.111. The van der Waals surface area contributed by atoms with Crippen molar-refractivity contribution in [3.63, 3.8) is 0 Å². The average Bonchev–Trinajstić information content (AvgIpc) is 2.90. The molecule has 19 heavy (non-hydrogen) atoms. The van der Waals surface area contributed by atoms with Gasteiger partial charge >= 0.3 is 0 Å². The number of hydrogen-bond acceptors (Lipinski definition) is 1. The Balaban J connectivity index is 1.94. The molecule has 1 amide bonds. The van der Waals surface area contributed by atoms with Gasteiger partial charge in [-0.15, -0.1) is 0 Å². The Bertz CT molecular complexity index is 427. The lowest BCUT2D eigenvalue weighted by atomic mass is 10.0. The Morgan fingerprint density at radius 1 is 1.37 bits per heavy atom. The van der Waals surface area contributed by atoms with Gasteiger partial charge in [-0.25, -0.2) is 4.39 Å². The van der Waals surface area contributed by atoms with Crippen molar-refractivity contribution in [1.82, 2.24) is 0 Å². The fraction of sp³-hybridized carbons (Fsp3) is 0.562. The third-order valence-corrected chi connectivity index (χ3v) is 3.98. The highest BCUT2D eigenvalue weighted by Gasteiger charge is 2.19. The van der Waals surface area contributed by atoms with Crippen molar-refractivity contribution in [3.8, 4) is 0 Å². The normalized spacial score (nSPS) is 15.7. The first-order valence-corrected chi connectivity index (χ1v) is 7.26. The summed E-state index contributed by atoms with van der Waals surface area (Å²) in [5.41, 5.74) is 0.666. The summed E-state index contributed by atoms with van der Waals surface area (Å²) in [5.74, 6) is 0.537. The van der Waals surface area contributed by atoms with Crippen molar-refractivity contribution in [3.05, 3.63) is 30.1 Å².